The van der Waals surface area contributed by atoms with Gasteiger partial charge in [0, 0.05) is 11.6 Å². The van der Waals surface area contributed by atoms with E-state index in [1.807, 2.05) is 6.92 Å². The molecular weight excluding hydrogens is 318 g/mol. The minimum Gasteiger partial charge on any atom is -0.545 e. The minimum atomic E-state index is -1.27. The molecule has 2 aromatic rings. The van der Waals surface area contributed by atoms with Gasteiger partial charge in [0.15, 0.2) is 0 Å². The SMILES string of the molecule is Cc1ccc(C(=O)[O-])cc1-c1ccc(/C=C2/SC(=O)NC2=O)o1. The van der Waals surface area contributed by atoms with Crippen LogP contribution in [0.2, 0.25) is 0 Å². The summed E-state index contributed by atoms with van der Waals surface area (Å²) in [6.07, 6.45) is 1.46. The van der Waals surface area contributed by atoms with Crippen molar-refractivity contribution in [3.05, 3.63) is 52.1 Å². The van der Waals surface area contributed by atoms with E-state index >= 15 is 0 Å². The molecule has 6 nitrogen and oxygen atoms in total. The van der Waals surface area contributed by atoms with Crippen molar-refractivity contribution < 1.29 is 23.9 Å². The number of amides is 2. The summed E-state index contributed by atoms with van der Waals surface area (Å²) >= 11 is 0.799. The molecule has 116 valence electrons. The fourth-order valence-corrected chi connectivity index (χ4v) is 2.80. The van der Waals surface area contributed by atoms with Gasteiger partial charge in [-0.15, -0.1) is 0 Å². The van der Waals surface area contributed by atoms with Crippen LogP contribution in [0.25, 0.3) is 17.4 Å². The Balaban J connectivity index is 1.95. The second-order valence-electron chi connectivity index (χ2n) is 4.87. The number of thioether (sulfide) groups is 1. The van der Waals surface area contributed by atoms with Gasteiger partial charge in [-0.3, -0.25) is 14.9 Å². The monoisotopic (exact) mass is 328 g/mol. The van der Waals surface area contributed by atoms with Crippen molar-refractivity contribution in [2.24, 2.45) is 0 Å². The Kier molecular flexibility index (Phi) is 3.79. The molecular formula is C16H10NO5S-. The lowest BCUT2D eigenvalue weighted by Crippen LogP contribution is -2.22. The summed E-state index contributed by atoms with van der Waals surface area (Å²) in [7, 11) is 0. The van der Waals surface area contributed by atoms with Crippen LogP contribution in [0.4, 0.5) is 4.79 Å². The summed E-state index contributed by atoms with van der Waals surface area (Å²) in [5.74, 6) is -0.872. The summed E-state index contributed by atoms with van der Waals surface area (Å²) in [5, 5.41) is 12.7. The van der Waals surface area contributed by atoms with E-state index in [0.717, 1.165) is 17.3 Å². The van der Waals surface area contributed by atoms with Gasteiger partial charge in [-0.1, -0.05) is 12.1 Å². The highest BCUT2D eigenvalue weighted by atomic mass is 32.2. The van der Waals surface area contributed by atoms with Crippen LogP contribution in [0.5, 0.6) is 0 Å². The smallest absolute Gasteiger partial charge is 0.290 e. The number of benzene rings is 1. The highest BCUT2D eigenvalue weighted by molar-refractivity contribution is 8.18. The molecule has 1 saturated heterocycles. The Hall–Kier alpha value is -2.80. The molecule has 0 aliphatic carbocycles. The predicted octanol–water partition coefficient (Wildman–Crippen LogP) is 1.94. The Labute approximate surface area is 135 Å². The molecule has 0 spiro atoms. The Morgan fingerprint density at radius 1 is 1.26 bits per heavy atom. The normalized spacial score (nSPS) is 16.0. The maximum Gasteiger partial charge on any atom is 0.290 e. The largest absolute Gasteiger partial charge is 0.545 e. The third-order valence-corrected chi connectivity index (χ3v) is 4.09. The number of aryl methyl sites for hydroxylation is 1. The first-order chi connectivity index (χ1) is 10.9. The van der Waals surface area contributed by atoms with Crippen LogP contribution in [0, 0.1) is 6.92 Å². The van der Waals surface area contributed by atoms with Gasteiger partial charge in [0.2, 0.25) is 0 Å². The van der Waals surface area contributed by atoms with Crippen LogP contribution >= 0.6 is 11.8 Å². The summed E-state index contributed by atoms with van der Waals surface area (Å²) < 4.78 is 5.64. The number of furan rings is 1. The van der Waals surface area contributed by atoms with Gasteiger partial charge in [-0.25, -0.2) is 0 Å². The van der Waals surface area contributed by atoms with Gasteiger partial charge in [-0.05, 0) is 48.0 Å². The molecule has 0 unspecified atom stereocenters. The molecule has 1 fully saturated rings. The number of carbonyl (C=O) groups is 3. The summed E-state index contributed by atoms with van der Waals surface area (Å²) in [6.45, 7) is 1.83. The van der Waals surface area contributed by atoms with E-state index in [4.69, 9.17) is 4.42 Å². The first-order valence-corrected chi connectivity index (χ1v) is 7.43. The van der Waals surface area contributed by atoms with Gasteiger partial charge in [0.05, 0.1) is 10.9 Å². The van der Waals surface area contributed by atoms with Crippen LogP contribution in [0.15, 0.2) is 39.7 Å². The summed E-state index contributed by atoms with van der Waals surface area (Å²) in [4.78, 5) is 33.8. The van der Waals surface area contributed by atoms with Crippen molar-refractivity contribution >= 4 is 35.0 Å². The van der Waals surface area contributed by atoms with Crippen molar-refractivity contribution in [1.29, 1.82) is 0 Å². The highest BCUT2D eigenvalue weighted by Crippen LogP contribution is 2.30. The number of rotatable bonds is 3. The molecule has 7 heteroatoms. The predicted molar refractivity (Wildman–Crippen MR) is 82.3 cm³/mol. The summed E-state index contributed by atoms with van der Waals surface area (Å²) in [5.41, 5.74) is 1.51. The number of nitrogens with one attached hydrogen (secondary N) is 1. The summed E-state index contributed by atoms with van der Waals surface area (Å²) in [6, 6.07) is 7.92. The van der Waals surface area contributed by atoms with Crippen molar-refractivity contribution in [1.82, 2.24) is 5.32 Å². The molecule has 2 amide bonds. The lowest BCUT2D eigenvalue weighted by Gasteiger charge is -2.07. The van der Waals surface area contributed by atoms with Crippen LogP contribution < -0.4 is 10.4 Å². The number of hydrogen-bond donors (Lipinski definition) is 1. The maximum atomic E-state index is 11.5. The molecule has 1 aliphatic rings. The Morgan fingerprint density at radius 2 is 2.04 bits per heavy atom. The average molecular weight is 328 g/mol. The Morgan fingerprint density at radius 3 is 2.70 bits per heavy atom. The van der Waals surface area contributed by atoms with Crippen molar-refractivity contribution in [3.63, 3.8) is 0 Å². The van der Waals surface area contributed by atoms with Gasteiger partial charge >= 0.3 is 0 Å². The maximum absolute atomic E-state index is 11.5. The molecule has 1 aromatic carbocycles. The lowest BCUT2D eigenvalue weighted by atomic mass is 10.0. The molecule has 0 radical (unpaired) electrons. The van der Waals surface area contributed by atoms with E-state index < -0.39 is 17.1 Å². The number of carboxylic acids is 1. The van der Waals surface area contributed by atoms with Crippen molar-refractivity contribution in [2.75, 3.05) is 0 Å². The van der Waals surface area contributed by atoms with E-state index in [9.17, 15) is 19.5 Å². The first-order valence-electron chi connectivity index (χ1n) is 6.61. The number of aromatic carboxylic acids is 1. The quantitative estimate of drug-likeness (QED) is 0.864. The molecule has 1 aromatic heterocycles. The zero-order valence-corrected chi connectivity index (χ0v) is 12.7. The second-order valence-corrected chi connectivity index (χ2v) is 5.89. The van der Waals surface area contributed by atoms with Gasteiger partial charge in [-0.2, -0.15) is 0 Å². The molecule has 0 saturated carbocycles. The standard InChI is InChI=1S/C16H11NO5S/c1-8-2-3-9(15(19)20)6-11(8)12-5-4-10(22-12)7-13-14(18)17-16(21)23-13/h2-7H,1H3,(H,19,20)(H,17,18,21)/p-1/b13-7+. The van der Waals surface area contributed by atoms with Crippen LogP contribution in [-0.4, -0.2) is 17.1 Å². The van der Waals surface area contributed by atoms with Crippen molar-refractivity contribution in [2.45, 2.75) is 6.92 Å². The average Bonchev–Trinajstić information content (AvgIpc) is 3.06. The molecule has 2 heterocycles. The number of carbonyl (C=O) groups excluding carboxylic acids is 3. The molecule has 1 N–H and O–H groups in total. The molecule has 23 heavy (non-hydrogen) atoms. The lowest BCUT2D eigenvalue weighted by molar-refractivity contribution is -0.255. The second kappa shape index (κ2) is 5.77. The van der Waals surface area contributed by atoms with E-state index in [2.05, 4.69) is 5.32 Å². The van der Waals surface area contributed by atoms with Gasteiger partial charge in [0.1, 0.15) is 11.5 Å². The topological polar surface area (TPSA) is 99.4 Å². The number of imide groups is 1. The van der Waals surface area contributed by atoms with Gasteiger partial charge < -0.3 is 14.3 Å². The first kappa shape index (κ1) is 15.1. The van der Waals surface area contributed by atoms with Crippen molar-refractivity contribution in [3.8, 4) is 11.3 Å². The van der Waals surface area contributed by atoms with Crippen LogP contribution in [-0.2, 0) is 4.79 Å². The van der Waals surface area contributed by atoms with E-state index in [-0.39, 0.29) is 10.5 Å². The van der Waals surface area contributed by atoms with E-state index in [1.54, 1.807) is 18.2 Å². The van der Waals surface area contributed by atoms with E-state index in [1.165, 1.54) is 18.2 Å². The third-order valence-electron chi connectivity index (χ3n) is 3.28. The molecule has 0 bridgehead atoms. The Bertz CT molecular complexity index is 865. The van der Waals surface area contributed by atoms with E-state index in [0.29, 0.717) is 17.1 Å². The third kappa shape index (κ3) is 3.04. The molecule has 3 rings (SSSR count). The molecule has 0 atom stereocenters. The minimum absolute atomic E-state index is 0.0539. The highest BCUT2D eigenvalue weighted by Gasteiger charge is 2.25. The van der Waals surface area contributed by atoms with Gasteiger partial charge in [0.25, 0.3) is 11.1 Å². The zero-order chi connectivity index (χ0) is 16.6. The van der Waals surface area contributed by atoms with Crippen LogP contribution in [0.3, 0.4) is 0 Å². The fraction of sp³-hybridized carbons (Fsp3) is 0.0625. The number of hydrogen-bond acceptors (Lipinski definition) is 6. The number of carboxylic acid groups (broad SMARTS) is 1. The van der Waals surface area contributed by atoms with Crippen LogP contribution in [0.1, 0.15) is 21.7 Å². The fourth-order valence-electron chi connectivity index (χ4n) is 2.14. The molecule has 1 aliphatic heterocycles. The zero-order valence-electron chi connectivity index (χ0n) is 11.9.